The van der Waals surface area contributed by atoms with E-state index in [1.165, 1.54) is 0 Å². The fourth-order valence-electron chi connectivity index (χ4n) is 2.80. The Hall–Kier alpha value is -2.30. The minimum absolute atomic E-state index is 0.304. The highest BCUT2D eigenvalue weighted by molar-refractivity contribution is 5.71. The molecule has 5 heteroatoms. The molecule has 0 aliphatic heterocycles. The van der Waals surface area contributed by atoms with E-state index >= 15 is 0 Å². The van der Waals surface area contributed by atoms with Gasteiger partial charge in [0, 0.05) is 23.3 Å². The van der Waals surface area contributed by atoms with Gasteiger partial charge in [0.1, 0.15) is 5.82 Å². The minimum Gasteiger partial charge on any atom is -0.481 e. The highest BCUT2D eigenvalue weighted by Gasteiger charge is 2.27. The molecule has 0 saturated carbocycles. The Morgan fingerprint density at radius 1 is 1.38 bits per heavy atom. The average Bonchev–Trinajstić information content (AvgIpc) is 2.48. The second-order valence-corrected chi connectivity index (χ2v) is 5.43. The first-order valence-corrected chi connectivity index (χ1v) is 7.11. The summed E-state index contributed by atoms with van der Waals surface area (Å²) in [6.45, 7) is 1.94. The van der Waals surface area contributed by atoms with Crippen LogP contribution in [0.1, 0.15) is 34.9 Å². The van der Waals surface area contributed by atoms with E-state index in [1.54, 1.807) is 6.20 Å². The van der Waals surface area contributed by atoms with Gasteiger partial charge < -0.3 is 5.11 Å². The normalized spacial score (nSPS) is 17.3. The van der Waals surface area contributed by atoms with Crippen molar-refractivity contribution in [1.82, 2.24) is 15.0 Å². The number of carbonyl (C=O) groups is 1. The molecule has 0 bridgehead atoms. The van der Waals surface area contributed by atoms with Gasteiger partial charge in [0.2, 0.25) is 0 Å². The van der Waals surface area contributed by atoms with Gasteiger partial charge in [0.25, 0.3) is 0 Å². The Balaban J connectivity index is 1.87. The summed E-state index contributed by atoms with van der Waals surface area (Å²) in [6.07, 6.45) is 4.28. The Kier molecular flexibility index (Phi) is 3.64. The predicted octanol–water partition coefficient (Wildman–Crippen LogP) is 1.96. The molecule has 1 N–H and O–H groups in total. The number of rotatable bonds is 3. The minimum atomic E-state index is -0.724. The Labute approximate surface area is 123 Å². The molecule has 1 aliphatic rings. The van der Waals surface area contributed by atoms with Crippen molar-refractivity contribution in [2.24, 2.45) is 5.92 Å². The van der Waals surface area contributed by atoms with Gasteiger partial charge in [-0.05, 0) is 43.9 Å². The molecule has 108 valence electrons. The summed E-state index contributed by atoms with van der Waals surface area (Å²) in [5.41, 5.74) is 3.86. The largest absolute Gasteiger partial charge is 0.481 e. The van der Waals surface area contributed by atoms with Crippen LogP contribution in [0.4, 0.5) is 0 Å². The van der Waals surface area contributed by atoms with Crippen molar-refractivity contribution < 1.29 is 9.90 Å². The van der Waals surface area contributed by atoms with Crippen LogP contribution in [0, 0.1) is 12.8 Å². The monoisotopic (exact) mass is 283 g/mol. The summed E-state index contributed by atoms with van der Waals surface area (Å²) < 4.78 is 0. The Morgan fingerprint density at radius 2 is 2.24 bits per heavy atom. The van der Waals surface area contributed by atoms with E-state index in [1.807, 2.05) is 25.1 Å². The molecule has 1 atom stereocenters. The maximum atomic E-state index is 11.1. The van der Waals surface area contributed by atoms with E-state index < -0.39 is 5.97 Å². The maximum Gasteiger partial charge on any atom is 0.306 e. The zero-order chi connectivity index (χ0) is 14.8. The van der Waals surface area contributed by atoms with Crippen LogP contribution in [0.15, 0.2) is 24.4 Å². The summed E-state index contributed by atoms with van der Waals surface area (Å²) in [5, 5.41) is 9.16. The molecular formula is C16H17N3O2. The molecular weight excluding hydrogens is 266 g/mol. The van der Waals surface area contributed by atoms with Crippen LogP contribution in [0.3, 0.4) is 0 Å². The highest BCUT2D eigenvalue weighted by atomic mass is 16.4. The number of pyridine rings is 1. The van der Waals surface area contributed by atoms with Crippen LogP contribution in [-0.4, -0.2) is 26.0 Å². The van der Waals surface area contributed by atoms with E-state index in [0.717, 1.165) is 28.5 Å². The van der Waals surface area contributed by atoms with Gasteiger partial charge in [-0.2, -0.15) is 0 Å². The van der Waals surface area contributed by atoms with E-state index in [2.05, 4.69) is 15.0 Å². The van der Waals surface area contributed by atoms with Gasteiger partial charge in [-0.3, -0.25) is 9.78 Å². The molecule has 2 heterocycles. The lowest BCUT2D eigenvalue weighted by molar-refractivity contribution is -0.142. The third-order valence-corrected chi connectivity index (χ3v) is 3.94. The molecule has 0 spiro atoms. The number of carboxylic acids is 1. The molecule has 2 aromatic rings. The number of carboxylic acid groups (broad SMARTS) is 1. The third-order valence-electron chi connectivity index (χ3n) is 3.94. The summed E-state index contributed by atoms with van der Waals surface area (Å²) >= 11 is 0. The molecule has 5 nitrogen and oxygen atoms in total. The molecule has 0 radical (unpaired) electrons. The SMILES string of the molecule is Cc1nc(Cc2ccccn2)nc2c1CC(C(=O)O)CC2. The first-order chi connectivity index (χ1) is 10.1. The molecule has 0 aromatic carbocycles. The predicted molar refractivity (Wildman–Crippen MR) is 77.0 cm³/mol. The van der Waals surface area contributed by atoms with Crippen LogP contribution < -0.4 is 0 Å². The van der Waals surface area contributed by atoms with Crippen molar-refractivity contribution in [1.29, 1.82) is 0 Å². The van der Waals surface area contributed by atoms with E-state index in [9.17, 15) is 4.79 Å². The van der Waals surface area contributed by atoms with Crippen LogP contribution in [0.5, 0.6) is 0 Å². The molecule has 0 saturated heterocycles. The van der Waals surface area contributed by atoms with Crippen molar-refractivity contribution in [3.63, 3.8) is 0 Å². The first-order valence-electron chi connectivity index (χ1n) is 7.11. The zero-order valence-electron chi connectivity index (χ0n) is 11.9. The number of nitrogens with zero attached hydrogens (tertiary/aromatic N) is 3. The summed E-state index contributed by atoms with van der Waals surface area (Å²) in [4.78, 5) is 24.6. The summed E-state index contributed by atoms with van der Waals surface area (Å²) in [6, 6.07) is 5.79. The molecule has 1 unspecified atom stereocenters. The number of hydrogen-bond donors (Lipinski definition) is 1. The fraction of sp³-hybridized carbons (Fsp3) is 0.375. The van der Waals surface area contributed by atoms with Crippen LogP contribution in [0.25, 0.3) is 0 Å². The second kappa shape index (κ2) is 5.60. The lowest BCUT2D eigenvalue weighted by Crippen LogP contribution is -2.24. The van der Waals surface area contributed by atoms with Crippen molar-refractivity contribution in [2.45, 2.75) is 32.6 Å². The van der Waals surface area contributed by atoms with Gasteiger partial charge in [-0.15, -0.1) is 0 Å². The smallest absolute Gasteiger partial charge is 0.306 e. The van der Waals surface area contributed by atoms with Crippen molar-refractivity contribution in [2.75, 3.05) is 0 Å². The summed E-state index contributed by atoms with van der Waals surface area (Å²) in [7, 11) is 0. The van der Waals surface area contributed by atoms with Crippen molar-refractivity contribution in [3.8, 4) is 0 Å². The van der Waals surface area contributed by atoms with Gasteiger partial charge in [-0.1, -0.05) is 6.07 Å². The lowest BCUT2D eigenvalue weighted by atomic mass is 9.86. The number of aromatic nitrogens is 3. The third kappa shape index (κ3) is 2.91. The van der Waals surface area contributed by atoms with Gasteiger partial charge >= 0.3 is 5.97 Å². The van der Waals surface area contributed by atoms with Crippen molar-refractivity contribution in [3.05, 3.63) is 52.9 Å². The molecule has 3 rings (SSSR count). The quantitative estimate of drug-likeness (QED) is 0.932. The van der Waals surface area contributed by atoms with Crippen LogP contribution in [-0.2, 0) is 24.1 Å². The molecule has 1 aliphatic carbocycles. The molecule has 0 amide bonds. The lowest BCUT2D eigenvalue weighted by Gasteiger charge is -2.22. The zero-order valence-corrected chi connectivity index (χ0v) is 11.9. The van der Waals surface area contributed by atoms with Gasteiger partial charge in [0.05, 0.1) is 12.3 Å². The van der Waals surface area contributed by atoms with E-state index in [0.29, 0.717) is 25.7 Å². The molecule has 0 fully saturated rings. The van der Waals surface area contributed by atoms with E-state index in [-0.39, 0.29) is 5.92 Å². The Bertz CT molecular complexity index is 671. The average molecular weight is 283 g/mol. The highest BCUT2D eigenvalue weighted by Crippen LogP contribution is 2.26. The van der Waals surface area contributed by atoms with Crippen LogP contribution >= 0.6 is 0 Å². The maximum absolute atomic E-state index is 11.1. The number of aliphatic carboxylic acids is 1. The van der Waals surface area contributed by atoms with Crippen molar-refractivity contribution >= 4 is 5.97 Å². The fourth-order valence-corrected chi connectivity index (χ4v) is 2.80. The topological polar surface area (TPSA) is 76.0 Å². The Morgan fingerprint density at radius 3 is 2.95 bits per heavy atom. The number of fused-ring (bicyclic) bond motifs is 1. The number of aryl methyl sites for hydroxylation is 2. The van der Waals surface area contributed by atoms with Gasteiger partial charge in [-0.25, -0.2) is 9.97 Å². The van der Waals surface area contributed by atoms with E-state index in [4.69, 9.17) is 5.11 Å². The second-order valence-electron chi connectivity index (χ2n) is 5.43. The number of hydrogen-bond acceptors (Lipinski definition) is 4. The standard InChI is InChI=1S/C16H17N3O2/c1-10-13-8-11(16(20)21)5-6-14(13)19-15(18-10)9-12-4-2-3-7-17-12/h2-4,7,11H,5-6,8-9H2,1H3,(H,20,21). The van der Waals surface area contributed by atoms with Crippen LogP contribution in [0.2, 0.25) is 0 Å². The molecule has 21 heavy (non-hydrogen) atoms. The molecule has 2 aromatic heterocycles. The van der Waals surface area contributed by atoms with Gasteiger partial charge in [0.15, 0.2) is 0 Å². The first kappa shape index (κ1) is 13.7. The summed E-state index contributed by atoms with van der Waals surface area (Å²) in [5.74, 6) is -0.266.